The predicted octanol–water partition coefficient (Wildman–Crippen LogP) is 3.33. The van der Waals surface area contributed by atoms with Crippen LogP contribution in [0.25, 0.3) is 10.6 Å². The van der Waals surface area contributed by atoms with Gasteiger partial charge in [0.25, 0.3) is 5.91 Å². The van der Waals surface area contributed by atoms with Crippen LogP contribution in [-0.2, 0) is 16.0 Å². The van der Waals surface area contributed by atoms with Gasteiger partial charge < -0.3 is 10.1 Å². The van der Waals surface area contributed by atoms with Crippen molar-refractivity contribution >= 4 is 23.2 Å². The Morgan fingerprint density at radius 1 is 1.00 bits per heavy atom. The van der Waals surface area contributed by atoms with Crippen molar-refractivity contribution in [1.29, 1.82) is 0 Å². The Morgan fingerprint density at radius 3 is 2.42 bits per heavy atom. The monoisotopic (exact) mass is 366 g/mol. The number of hydrogen-bond acceptors (Lipinski definition) is 5. The minimum absolute atomic E-state index is 0.214. The van der Waals surface area contributed by atoms with Gasteiger partial charge in [0, 0.05) is 17.5 Å². The van der Waals surface area contributed by atoms with E-state index in [1.165, 1.54) is 11.3 Å². The Hall–Kier alpha value is -2.99. The summed E-state index contributed by atoms with van der Waals surface area (Å²) in [5.41, 5.74) is 2.29. The molecule has 1 N–H and O–H groups in total. The zero-order chi connectivity index (χ0) is 18.2. The summed E-state index contributed by atoms with van der Waals surface area (Å²) >= 11 is 1.36. The molecule has 1 aromatic heterocycles. The van der Waals surface area contributed by atoms with Crippen LogP contribution in [0, 0.1) is 0 Å². The summed E-state index contributed by atoms with van der Waals surface area (Å²) in [7, 11) is 0. The van der Waals surface area contributed by atoms with Crippen molar-refractivity contribution in [2.75, 3.05) is 13.2 Å². The smallest absolute Gasteiger partial charge is 0.358 e. The van der Waals surface area contributed by atoms with E-state index >= 15 is 0 Å². The third-order valence-corrected chi connectivity index (χ3v) is 4.54. The first-order valence-corrected chi connectivity index (χ1v) is 9.09. The van der Waals surface area contributed by atoms with E-state index < -0.39 is 5.97 Å². The maximum atomic E-state index is 12.0. The third-order valence-electron chi connectivity index (χ3n) is 3.65. The molecule has 0 saturated heterocycles. The molecular formula is C20H18N2O3S. The normalized spacial score (nSPS) is 10.3. The average molecular weight is 366 g/mol. The number of rotatable bonds is 7. The van der Waals surface area contributed by atoms with E-state index in [4.69, 9.17) is 4.74 Å². The van der Waals surface area contributed by atoms with Gasteiger partial charge in [0.1, 0.15) is 5.01 Å². The van der Waals surface area contributed by atoms with Crippen LogP contribution >= 0.6 is 11.3 Å². The number of nitrogens with one attached hydrogen (secondary N) is 1. The van der Waals surface area contributed by atoms with Gasteiger partial charge in [-0.25, -0.2) is 9.78 Å². The number of carbonyl (C=O) groups excluding carboxylic acids is 2. The Labute approximate surface area is 155 Å². The average Bonchev–Trinajstić information content (AvgIpc) is 3.18. The molecule has 0 aliphatic rings. The fourth-order valence-electron chi connectivity index (χ4n) is 2.33. The lowest BCUT2D eigenvalue weighted by Gasteiger charge is -2.06. The lowest BCUT2D eigenvalue weighted by Crippen LogP contribution is -2.30. The first-order chi connectivity index (χ1) is 12.7. The molecule has 1 amide bonds. The summed E-state index contributed by atoms with van der Waals surface area (Å²) in [6.07, 6.45) is 0.729. The van der Waals surface area contributed by atoms with Crippen LogP contribution in [0.3, 0.4) is 0 Å². The molecule has 26 heavy (non-hydrogen) atoms. The molecule has 0 unspecified atom stereocenters. The quantitative estimate of drug-likeness (QED) is 0.651. The highest BCUT2D eigenvalue weighted by molar-refractivity contribution is 7.13. The third kappa shape index (κ3) is 5.00. The molecule has 3 aromatic rings. The molecule has 0 fully saturated rings. The molecule has 2 aromatic carbocycles. The van der Waals surface area contributed by atoms with Crippen molar-refractivity contribution in [3.63, 3.8) is 0 Å². The molecule has 0 radical (unpaired) electrons. The molecule has 0 aliphatic heterocycles. The van der Waals surface area contributed by atoms with Gasteiger partial charge >= 0.3 is 5.97 Å². The number of nitrogens with zero attached hydrogens (tertiary/aromatic N) is 1. The van der Waals surface area contributed by atoms with E-state index in [9.17, 15) is 9.59 Å². The SMILES string of the molecule is O=C(COC(=O)c1csc(-c2ccccc2)n1)NCCc1ccccc1. The van der Waals surface area contributed by atoms with Gasteiger partial charge in [-0.05, 0) is 12.0 Å². The van der Waals surface area contributed by atoms with Crippen molar-refractivity contribution in [3.05, 3.63) is 77.3 Å². The summed E-state index contributed by atoms with van der Waals surface area (Å²) in [6.45, 7) is 0.182. The number of amides is 1. The number of aromatic nitrogens is 1. The van der Waals surface area contributed by atoms with E-state index in [1.807, 2.05) is 60.7 Å². The summed E-state index contributed by atoms with van der Waals surface area (Å²) in [5.74, 6) is -0.922. The Morgan fingerprint density at radius 2 is 1.69 bits per heavy atom. The van der Waals surface area contributed by atoms with Crippen LogP contribution in [0.1, 0.15) is 16.1 Å². The van der Waals surface area contributed by atoms with Crippen LogP contribution in [0.2, 0.25) is 0 Å². The van der Waals surface area contributed by atoms with E-state index in [-0.39, 0.29) is 18.2 Å². The van der Waals surface area contributed by atoms with Gasteiger partial charge in [-0.1, -0.05) is 60.7 Å². The second kappa shape index (κ2) is 8.92. The highest BCUT2D eigenvalue weighted by Crippen LogP contribution is 2.23. The molecule has 0 atom stereocenters. The van der Waals surface area contributed by atoms with Crippen molar-refractivity contribution in [2.24, 2.45) is 0 Å². The number of carbonyl (C=O) groups is 2. The fraction of sp³-hybridized carbons (Fsp3) is 0.150. The summed E-state index contributed by atoms with van der Waals surface area (Å²) in [5, 5.41) is 5.11. The van der Waals surface area contributed by atoms with Crippen LogP contribution in [-0.4, -0.2) is 30.0 Å². The predicted molar refractivity (Wildman–Crippen MR) is 101 cm³/mol. The molecule has 5 nitrogen and oxygen atoms in total. The highest BCUT2D eigenvalue weighted by Gasteiger charge is 2.14. The maximum Gasteiger partial charge on any atom is 0.358 e. The number of thiazole rings is 1. The minimum atomic E-state index is -0.596. The highest BCUT2D eigenvalue weighted by atomic mass is 32.1. The van der Waals surface area contributed by atoms with Gasteiger partial charge in [0.05, 0.1) is 0 Å². The summed E-state index contributed by atoms with van der Waals surface area (Å²) < 4.78 is 5.04. The molecule has 1 heterocycles. The van der Waals surface area contributed by atoms with E-state index in [0.29, 0.717) is 6.54 Å². The van der Waals surface area contributed by atoms with Gasteiger partial charge in [-0.15, -0.1) is 11.3 Å². The number of hydrogen-bond donors (Lipinski definition) is 1. The largest absolute Gasteiger partial charge is 0.451 e. The fourth-order valence-corrected chi connectivity index (χ4v) is 3.12. The lowest BCUT2D eigenvalue weighted by molar-refractivity contribution is -0.124. The van der Waals surface area contributed by atoms with Gasteiger partial charge in [0.15, 0.2) is 12.3 Å². The zero-order valence-corrected chi connectivity index (χ0v) is 14.9. The van der Waals surface area contributed by atoms with E-state index in [1.54, 1.807) is 5.38 Å². The molecule has 132 valence electrons. The van der Waals surface area contributed by atoms with E-state index in [0.717, 1.165) is 22.6 Å². The van der Waals surface area contributed by atoms with Gasteiger partial charge in [-0.2, -0.15) is 0 Å². The standard InChI is InChI=1S/C20H18N2O3S/c23-18(21-12-11-15-7-3-1-4-8-15)13-25-20(24)17-14-26-19(22-17)16-9-5-2-6-10-16/h1-10,14H,11-13H2,(H,21,23). The van der Waals surface area contributed by atoms with Crippen LogP contribution < -0.4 is 5.32 Å². The van der Waals surface area contributed by atoms with Crippen LogP contribution in [0.15, 0.2) is 66.0 Å². The lowest BCUT2D eigenvalue weighted by atomic mass is 10.1. The molecule has 0 bridgehead atoms. The molecule has 0 aliphatic carbocycles. The summed E-state index contributed by atoms with van der Waals surface area (Å²) in [4.78, 5) is 28.1. The van der Waals surface area contributed by atoms with Crippen LogP contribution in [0.5, 0.6) is 0 Å². The first kappa shape index (κ1) is 17.8. The van der Waals surface area contributed by atoms with E-state index in [2.05, 4.69) is 10.3 Å². The summed E-state index contributed by atoms with van der Waals surface area (Å²) in [6, 6.07) is 19.4. The molecule has 0 saturated carbocycles. The van der Waals surface area contributed by atoms with Crippen molar-refractivity contribution < 1.29 is 14.3 Å². The topological polar surface area (TPSA) is 68.3 Å². The van der Waals surface area contributed by atoms with Crippen molar-refractivity contribution in [1.82, 2.24) is 10.3 Å². The minimum Gasteiger partial charge on any atom is -0.451 e. The van der Waals surface area contributed by atoms with Crippen molar-refractivity contribution in [3.8, 4) is 10.6 Å². The molecular weight excluding hydrogens is 348 g/mol. The Bertz CT molecular complexity index is 863. The Balaban J connectivity index is 1.43. The van der Waals surface area contributed by atoms with Crippen LogP contribution in [0.4, 0.5) is 0 Å². The number of benzene rings is 2. The van der Waals surface area contributed by atoms with Gasteiger partial charge in [-0.3, -0.25) is 4.79 Å². The number of esters is 1. The van der Waals surface area contributed by atoms with Gasteiger partial charge in [0.2, 0.25) is 0 Å². The second-order valence-corrected chi connectivity index (χ2v) is 6.42. The zero-order valence-electron chi connectivity index (χ0n) is 14.1. The number of ether oxygens (including phenoxy) is 1. The maximum absolute atomic E-state index is 12.0. The molecule has 6 heteroatoms. The second-order valence-electron chi connectivity index (χ2n) is 5.57. The van der Waals surface area contributed by atoms with Crippen molar-refractivity contribution in [2.45, 2.75) is 6.42 Å². The first-order valence-electron chi connectivity index (χ1n) is 8.21. The molecule has 3 rings (SSSR count). The Kier molecular flexibility index (Phi) is 6.11. The molecule has 0 spiro atoms.